The molecule has 0 bridgehead atoms. The maximum atomic E-state index is 2.51. The summed E-state index contributed by atoms with van der Waals surface area (Å²) in [6.45, 7) is 16.7. The van der Waals surface area contributed by atoms with E-state index in [0.717, 1.165) is 11.8 Å². The van der Waals surface area contributed by atoms with E-state index >= 15 is 0 Å². The normalized spacial score (nSPS) is 25.8. The molecule has 0 fully saturated rings. The van der Waals surface area contributed by atoms with E-state index in [4.69, 9.17) is 0 Å². The van der Waals surface area contributed by atoms with Gasteiger partial charge in [0.2, 0.25) is 0 Å². The van der Waals surface area contributed by atoms with E-state index in [1.807, 2.05) is 0 Å². The summed E-state index contributed by atoms with van der Waals surface area (Å²) in [4.78, 5) is 0. The molecule has 1 aliphatic rings. The lowest BCUT2D eigenvalue weighted by Gasteiger charge is -2.39. The minimum atomic E-state index is 0.447. The quantitative estimate of drug-likeness (QED) is 0.558. The van der Waals surface area contributed by atoms with Crippen LogP contribution in [0.15, 0.2) is 11.6 Å². The van der Waals surface area contributed by atoms with Crippen LogP contribution in [0.2, 0.25) is 0 Å². The van der Waals surface area contributed by atoms with Gasteiger partial charge in [0.1, 0.15) is 0 Å². The number of hydrogen-bond donors (Lipinski definition) is 0. The van der Waals surface area contributed by atoms with Gasteiger partial charge in [-0.1, -0.05) is 60.1 Å². The van der Waals surface area contributed by atoms with E-state index in [0.29, 0.717) is 10.8 Å². The summed E-state index contributed by atoms with van der Waals surface area (Å²) in [6, 6.07) is 0. The van der Waals surface area contributed by atoms with Crippen LogP contribution in [-0.2, 0) is 0 Å². The molecule has 0 saturated heterocycles. The molecule has 0 spiro atoms. The summed E-state index contributed by atoms with van der Waals surface area (Å²) >= 11 is 0. The fourth-order valence-corrected chi connectivity index (χ4v) is 2.42. The topological polar surface area (TPSA) is 0 Å². The molecule has 0 saturated carbocycles. The molecule has 0 heterocycles. The molecule has 94 valence electrons. The molecule has 0 aromatic heterocycles. The molecule has 0 N–H and O–H groups in total. The van der Waals surface area contributed by atoms with Crippen LogP contribution in [0.3, 0.4) is 0 Å². The molecule has 0 aromatic carbocycles. The second kappa shape index (κ2) is 4.55. The highest BCUT2D eigenvalue weighted by Gasteiger charge is 2.32. The molecule has 0 amide bonds. The Balaban J connectivity index is 2.71. The zero-order valence-corrected chi connectivity index (χ0v) is 12.4. The predicted molar refractivity (Wildman–Crippen MR) is 73.5 cm³/mol. The molecule has 0 unspecified atom stereocenters. The molecule has 0 aliphatic heterocycles. The summed E-state index contributed by atoms with van der Waals surface area (Å²) in [6.07, 6.45) is 6.36. The van der Waals surface area contributed by atoms with E-state index in [2.05, 4.69) is 54.5 Å². The summed E-state index contributed by atoms with van der Waals surface area (Å²) in [7, 11) is 0. The van der Waals surface area contributed by atoms with Crippen molar-refractivity contribution in [2.75, 3.05) is 0 Å². The average molecular weight is 222 g/mol. The summed E-state index contributed by atoms with van der Waals surface area (Å²) in [5.41, 5.74) is 2.64. The van der Waals surface area contributed by atoms with Crippen molar-refractivity contribution in [3.63, 3.8) is 0 Å². The smallest absolute Gasteiger partial charge is 0.0266 e. The third-order valence-corrected chi connectivity index (χ3v) is 5.02. The Hall–Kier alpha value is -0.260. The minimum Gasteiger partial charge on any atom is -0.0850 e. The molecular weight excluding hydrogens is 192 g/mol. The van der Waals surface area contributed by atoms with Crippen LogP contribution in [0, 0.1) is 22.7 Å². The summed E-state index contributed by atoms with van der Waals surface area (Å²) in [5.74, 6) is 1.59. The Bertz CT molecular complexity index is 266. The molecule has 0 nitrogen and oxygen atoms in total. The first-order valence-electron chi connectivity index (χ1n) is 6.83. The minimum absolute atomic E-state index is 0.447. The van der Waals surface area contributed by atoms with Gasteiger partial charge in [0.15, 0.2) is 0 Å². The Kier molecular flexibility index (Phi) is 3.92. The van der Waals surface area contributed by atoms with Gasteiger partial charge < -0.3 is 0 Å². The Morgan fingerprint density at radius 2 is 1.94 bits per heavy atom. The zero-order valence-electron chi connectivity index (χ0n) is 12.4. The molecule has 0 aromatic rings. The largest absolute Gasteiger partial charge is 0.0850 e. The lowest BCUT2D eigenvalue weighted by molar-refractivity contribution is 0.192. The van der Waals surface area contributed by atoms with Gasteiger partial charge in [-0.2, -0.15) is 0 Å². The monoisotopic (exact) mass is 222 g/mol. The lowest BCUT2D eigenvalue weighted by Crippen LogP contribution is -2.28. The number of allylic oxidation sites excluding steroid dienone is 2. The molecule has 16 heavy (non-hydrogen) atoms. The molecular formula is C16H30. The van der Waals surface area contributed by atoms with Crippen LogP contribution in [-0.4, -0.2) is 0 Å². The van der Waals surface area contributed by atoms with Gasteiger partial charge in [0.25, 0.3) is 0 Å². The number of hydrogen-bond acceptors (Lipinski definition) is 0. The van der Waals surface area contributed by atoms with Crippen LogP contribution >= 0.6 is 0 Å². The maximum absolute atomic E-state index is 2.51. The first-order valence-corrected chi connectivity index (χ1v) is 6.83. The Morgan fingerprint density at radius 3 is 2.38 bits per heavy atom. The average Bonchev–Trinajstić information content (AvgIpc) is 2.10. The van der Waals surface area contributed by atoms with Crippen LogP contribution in [0.4, 0.5) is 0 Å². The lowest BCUT2D eigenvalue weighted by atomic mass is 9.66. The second-order valence-electron chi connectivity index (χ2n) is 7.48. The van der Waals surface area contributed by atoms with Crippen molar-refractivity contribution in [3.8, 4) is 0 Å². The van der Waals surface area contributed by atoms with Crippen molar-refractivity contribution < 1.29 is 0 Å². The van der Waals surface area contributed by atoms with Gasteiger partial charge in [0, 0.05) is 0 Å². The first-order chi connectivity index (χ1) is 7.15. The van der Waals surface area contributed by atoms with Gasteiger partial charge in [-0.05, 0) is 41.9 Å². The highest BCUT2D eigenvalue weighted by Crippen LogP contribution is 2.44. The van der Waals surface area contributed by atoms with E-state index in [1.54, 1.807) is 5.57 Å². The molecule has 0 radical (unpaired) electrons. The summed E-state index contributed by atoms with van der Waals surface area (Å²) < 4.78 is 0. The first kappa shape index (κ1) is 13.8. The van der Waals surface area contributed by atoms with Crippen molar-refractivity contribution in [2.45, 2.75) is 67.7 Å². The van der Waals surface area contributed by atoms with Crippen molar-refractivity contribution >= 4 is 0 Å². The third-order valence-electron chi connectivity index (χ3n) is 5.02. The van der Waals surface area contributed by atoms with Crippen molar-refractivity contribution in [3.05, 3.63) is 11.6 Å². The third kappa shape index (κ3) is 3.12. The summed E-state index contributed by atoms with van der Waals surface area (Å²) in [5, 5.41) is 0. The van der Waals surface area contributed by atoms with E-state index in [1.165, 1.54) is 19.3 Å². The van der Waals surface area contributed by atoms with Crippen molar-refractivity contribution in [1.82, 2.24) is 0 Å². The van der Waals surface area contributed by atoms with Gasteiger partial charge in [-0.3, -0.25) is 0 Å². The second-order valence-corrected chi connectivity index (χ2v) is 7.48. The van der Waals surface area contributed by atoms with Crippen LogP contribution < -0.4 is 0 Å². The van der Waals surface area contributed by atoms with Crippen LogP contribution in [0.5, 0.6) is 0 Å². The Labute approximate surface area is 103 Å². The van der Waals surface area contributed by atoms with Crippen molar-refractivity contribution in [2.24, 2.45) is 22.7 Å². The zero-order chi connectivity index (χ0) is 12.6. The predicted octanol–water partition coefficient (Wildman–Crippen LogP) is 5.44. The fourth-order valence-electron chi connectivity index (χ4n) is 2.42. The standard InChI is InChI=1S/C16H30/c1-12(2)15(4,5)10-14-9-8-13(3)16(6,7)11-14/h9,12-13H,8,10-11H2,1-7H3/t13-/m1/s1. The highest BCUT2D eigenvalue weighted by atomic mass is 14.4. The highest BCUT2D eigenvalue weighted by molar-refractivity contribution is 5.13. The van der Waals surface area contributed by atoms with Crippen LogP contribution in [0.25, 0.3) is 0 Å². The molecule has 1 rings (SSSR count). The van der Waals surface area contributed by atoms with E-state index < -0.39 is 0 Å². The van der Waals surface area contributed by atoms with Gasteiger partial charge in [-0.15, -0.1) is 0 Å². The SMILES string of the molecule is CC(C)C(C)(C)CC1=CC[C@@H](C)C(C)(C)C1. The van der Waals surface area contributed by atoms with Crippen molar-refractivity contribution in [1.29, 1.82) is 0 Å². The molecule has 1 aliphatic carbocycles. The van der Waals surface area contributed by atoms with E-state index in [-0.39, 0.29) is 0 Å². The Morgan fingerprint density at radius 1 is 1.38 bits per heavy atom. The van der Waals surface area contributed by atoms with Gasteiger partial charge in [-0.25, -0.2) is 0 Å². The van der Waals surface area contributed by atoms with Gasteiger partial charge >= 0.3 is 0 Å². The van der Waals surface area contributed by atoms with E-state index in [9.17, 15) is 0 Å². The maximum Gasteiger partial charge on any atom is -0.0266 e. The molecule has 0 heteroatoms. The fraction of sp³-hybridized carbons (Fsp3) is 0.875. The molecule has 1 atom stereocenters. The van der Waals surface area contributed by atoms with Crippen LogP contribution in [0.1, 0.15) is 67.7 Å². The number of rotatable bonds is 3. The van der Waals surface area contributed by atoms with Gasteiger partial charge in [0.05, 0.1) is 0 Å².